The molecule has 2 atom stereocenters. The molecule has 0 aliphatic carbocycles. The minimum Gasteiger partial charge on any atom is -0.489 e. The number of fused-ring (bicyclic) bond motifs is 1. The summed E-state index contributed by atoms with van der Waals surface area (Å²) in [5.74, 6) is -0.0696. The van der Waals surface area contributed by atoms with Crippen LogP contribution in [0.3, 0.4) is 0 Å². The second kappa shape index (κ2) is 5.44. The van der Waals surface area contributed by atoms with E-state index in [1.54, 1.807) is 6.07 Å². The van der Waals surface area contributed by atoms with Crippen molar-refractivity contribution in [2.24, 2.45) is 0 Å². The molecule has 1 heterocycles. The highest BCUT2D eigenvalue weighted by atomic mass is 32.2. The fraction of sp³-hybridized carbons (Fsp3) is 0.200. The first kappa shape index (κ1) is 14.0. The van der Waals surface area contributed by atoms with E-state index >= 15 is 0 Å². The van der Waals surface area contributed by atoms with Crippen LogP contribution in [0, 0.1) is 11.6 Å². The Bertz CT molecular complexity index is 721. The number of halogens is 2. The van der Waals surface area contributed by atoms with E-state index in [0.717, 1.165) is 5.56 Å². The lowest BCUT2D eigenvalue weighted by molar-refractivity contribution is 0.258. The third-order valence-electron chi connectivity index (χ3n) is 3.34. The van der Waals surface area contributed by atoms with Crippen molar-refractivity contribution in [1.29, 1.82) is 0 Å². The van der Waals surface area contributed by atoms with Gasteiger partial charge < -0.3 is 10.5 Å². The zero-order chi connectivity index (χ0) is 15.0. The highest BCUT2D eigenvalue weighted by Crippen LogP contribution is 2.30. The maximum absolute atomic E-state index is 13.4. The van der Waals surface area contributed by atoms with Crippen LogP contribution in [0.25, 0.3) is 0 Å². The third-order valence-corrected chi connectivity index (χ3v) is 4.79. The molecule has 3 nitrogen and oxygen atoms in total. The third kappa shape index (κ3) is 2.90. The molecule has 0 radical (unpaired) electrons. The molecule has 0 bridgehead atoms. The molecular formula is C15H13F2NO2S. The number of hydrogen-bond acceptors (Lipinski definition) is 3. The summed E-state index contributed by atoms with van der Waals surface area (Å²) in [5.41, 5.74) is 6.18. The van der Waals surface area contributed by atoms with Crippen molar-refractivity contribution in [2.45, 2.75) is 17.4 Å². The standard InChI is InChI=1S/C15H13F2NO2S/c16-10-1-4-15-9(5-10)6-11(20-15)8-21(19)12-2-3-14(18)13(17)7-12/h1-5,7,11H,6,8,18H2. The van der Waals surface area contributed by atoms with Gasteiger partial charge in [0.25, 0.3) is 0 Å². The summed E-state index contributed by atoms with van der Waals surface area (Å²) in [6.45, 7) is 0. The van der Waals surface area contributed by atoms with Gasteiger partial charge in [-0.05, 0) is 36.4 Å². The van der Waals surface area contributed by atoms with Crippen LogP contribution >= 0.6 is 0 Å². The van der Waals surface area contributed by atoms with Crippen LogP contribution in [0.4, 0.5) is 14.5 Å². The first-order valence-electron chi connectivity index (χ1n) is 6.41. The molecule has 0 spiro atoms. The molecule has 2 aromatic carbocycles. The predicted molar refractivity (Wildman–Crippen MR) is 76.6 cm³/mol. The number of nitrogens with two attached hydrogens (primary N) is 1. The predicted octanol–water partition coefficient (Wildman–Crippen LogP) is 2.66. The van der Waals surface area contributed by atoms with E-state index in [-0.39, 0.29) is 23.4 Å². The van der Waals surface area contributed by atoms with Gasteiger partial charge in [-0.1, -0.05) is 0 Å². The molecule has 3 rings (SSSR count). The second-order valence-corrected chi connectivity index (χ2v) is 6.39. The Morgan fingerprint density at radius 2 is 2.05 bits per heavy atom. The van der Waals surface area contributed by atoms with E-state index in [1.165, 1.54) is 30.3 Å². The van der Waals surface area contributed by atoms with E-state index in [1.807, 2.05) is 0 Å². The van der Waals surface area contributed by atoms with Crippen molar-refractivity contribution in [3.8, 4) is 5.75 Å². The SMILES string of the molecule is Nc1ccc(S(=O)CC2Cc3cc(F)ccc3O2)cc1F. The fourth-order valence-corrected chi connectivity index (χ4v) is 3.47. The maximum Gasteiger partial charge on any atom is 0.147 e. The normalized spacial score (nSPS) is 18.1. The molecule has 2 unspecified atom stereocenters. The number of benzene rings is 2. The first-order valence-corrected chi connectivity index (χ1v) is 7.73. The molecule has 0 aromatic heterocycles. The van der Waals surface area contributed by atoms with Crippen molar-refractivity contribution in [3.63, 3.8) is 0 Å². The lowest BCUT2D eigenvalue weighted by Gasteiger charge is -2.10. The topological polar surface area (TPSA) is 52.3 Å². The summed E-state index contributed by atoms with van der Waals surface area (Å²) in [5, 5.41) is 0. The number of hydrogen-bond donors (Lipinski definition) is 1. The summed E-state index contributed by atoms with van der Waals surface area (Å²) < 4.78 is 44.4. The number of anilines is 1. The molecule has 0 saturated carbocycles. The molecule has 0 fully saturated rings. The molecule has 0 saturated heterocycles. The molecular weight excluding hydrogens is 296 g/mol. The average Bonchev–Trinajstić information content (AvgIpc) is 2.83. The van der Waals surface area contributed by atoms with E-state index < -0.39 is 16.6 Å². The van der Waals surface area contributed by atoms with Crippen molar-refractivity contribution in [2.75, 3.05) is 11.5 Å². The summed E-state index contributed by atoms with van der Waals surface area (Å²) in [6, 6.07) is 8.41. The zero-order valence-electron chi connectivity index (χ0n) is 11.0. The Morgan fingerprint density at radius 3 is 2.81 bits per heavy atom. The highest BCUT2D eigenvalue weighted by Gasteiger charge is 2.25. The molecule has 1 aliphatic heterocycles. The van der Waals surface area contributed by atoms with Gasteiger partial charge in [0, 0.05) is 16.9 Å². The van der Waals surface area contributed by atoms with Gasteiger partial charge in [0.05, 0.1) is 22.2 Å². The largest absolute Gasteiger partial charge is 0.489 e. The van der Waals surface area contributed by atoms with Gasteiger partial charge in [-0.25, -0.2) is 8.78 Å². The lowest BCUT2D eigenvalue weighted by atomic mass is 10.1. The van der Waals surface area contributed by atoms with Crippen LogP contribution in [-0.2, 0) is 17.2 Å². The molecule has 0 amide bonds. The summed E-state index contributed by atoms with van der Waals surface area (Å²) >= 11 is 0. The zero-order valence-corrected chi connectivity index (χ0v) is 11.8. The molecule has 2 aromatic rings. The maximum atomic E-state index is 13.4. The van der Waals surface area contributed by atoms with Gasteiger partial charge in [0.15, 0.2) is 0 Å². The fourth-order valence-electron chi connectivity index (χ4n) is 2.30. The Hall–Kier alpha value is -1.95. The van der Waals surface area contributed by atoms with Crippen molar-refractivity contribution in [3.05, 3.63) is 53.6 Å². The average molecular weight is 309 g/mol. The molecule has 21 heavy (non-hydrogen) atoms. The van der Waals surface area contributed by atoms with Gasteiger partial charge in [0.1, 0.15) is 23.5 Å². The van der Waals surface area contributed by atoms with Gasteiger partial charge >= 0.3 is 0 Å². The van der Waals surface area contributed by atoms with E-state index in [4.69, 9.17) is 10.5 Å². The van der Waals surface area contributed by atoms with Gasteiger partial charge in [0.2, 0.25) is 0 Å². The van der Waals surface area contributed by atoms with Crippen LogP contribution < -0.4 is 10.5 Å². The van der Waals surface area contributed by atoms with Gasteiger partial charge in [-0.3, -0.25) is 4.21 Å². The molecule has 6 heteroatoms. The lowest BCUT2D eigenvalue weighted by Crippen LogP contribution is -2.21. The van der Waals surface area contributed by atoms with E-state index in [9.17, 15) is 13.0 Å². The quantitative estimate of drug-likeness (QED) is 0.887. The first-order chi connectivity index (χ1) is 10.0. The minimum absolute atomic E-state index is 0.0238. The van der Waals surface area contributed by atoms with E-state index in [0.29, 0.717) is 17.1 Å². The highest BCUT2D eigenvalue weighted by molar-refractivity contribution is 7.85. The smallest absolute Gasteiger partial charge is 0.147 e. The monoisotopic (exact) mass is 309 g/mol. The minimum atomic E-state index is -1.40. The van der Waals surface area contributed by atoms with Gasteiger partial charge in [-0.2, -0.15) is 0 Å². The number of ether oxygens (including phenoxy) is 1. The van der Waals surface area contributed by atoms with Crippen LogP contribution in [0.15, 0.2) is 41.3 Å². The Kier molecular flexibility index (Phi) is 3.63. The van der Waals surface area contributed by atoms with Crippen molar-refractivity contribution < 1.29 is 17.7 Å². The van der Waals surface area contributed by atoms with Crippen LogP contribution in [0.2, 0.25) is 0 Å². The second-order valence-electron chi connectivity index (χ2n) is 4.89. The molecule has 1 aliphatic rings. The Balaban J connectivity index is 1.71. The summed E-state index contributed by atoms with van der Waals surface area (Å²) in [7, 11) is -1.40. The Labute approximate surface area is 123 Å². The van der Waals surface area contributed by atoms with Crippen molar-refractivity contribution in [1.82, 2.24) is 0 Å². The molecule has 2 N–H and O–H groups in total. The van der Waals surface area contributed by atoms with Crippen LogP contribution in [0.5, 0.6) is 5.75 Å². The Morgan fingerprint density at radius 1 is 1.24 bits per heavy atom. The van der Waals surface area contributed by atoms with Crippen molar-refractivity contribution >= 4 is 16.5 Å². The summed E-state index contributed by atoms with van der Waals surface area (Å²) in [6.07, 6.45) is 0.194. The molecule has 110 valence electrons. The van der Waals surface area contributed by atoms with Crippen LogP contribution in [0.1, 0.15) is 5.56 Å². The number of rotatable bonds is 3. The van der Waals surface area contributed by atoms with Gasteiger partial charge in [-0.15, -0.1) is 0 Å². The summed E-state index contributed by atoms with van der Waals surface area (Å²) in [4.78, 5) is 0.368. The van der Waals surface area contributed by atoms with E-state index in [2.05, 4.69) is 0 Å². The van der Waals surface area contributed by atoms with Crippen LogP contribution in [-0.4, -0.2) is 16.1 Å². The number of nitrogen functional groups attached to an aromatic ring is 1.